The summed E-state index contributed by atoms with van der Waals surface area (Å²) in [6.45, 7) is 8.55. The predicted octanol–water partition coefficient (Wildman–Crippen LogP) is 4.03. The summed E-state index contributed by atoms with van der Waals surface area (Å²) in [6.07, 6.45) is 3.16. The second kappa shape index (κ2) is 7.61. The van der Waals surface area contributed by atoms with Gasteiger partial charge in [0.15, 0.2) is 6.10 Å². The van der Waals surface area contributed by atoms with E-state index in [1.807, 2.05) is 55.5 Å². The molecule has 1 atom stereocenters. The third-order valence-corrected chi connectivity index (χ3v) is 9.23. The number of rotatable bonds is 5. The van der Waals surface area contributed by atoms with Gasteiger partial charge in [-0.05, 0) is 28.4 Å². The van der Waals surface area contributed by atoms with Crippen LogP contribution in [0.3, 0.4) is 0 Å². The molecular weight excluding hydrogens is 310 g/mol. The van der Waals surface area contributed by atoms with Gasteiger partial charge in [-0.15, -0.1) is 0 Å². The maximum absolute atomic E-state index is 9.58. The van der Waals surface area contributed by atoms with E-state index < -0.39 is 14.4 Å². The Bertz CT molecular complexity index is 671. The van der Waals surface area contributed by atoms with Crippen LogP contribution < -0.4 is 10.4 Å². The lowest BCUT2D eigenvalue weighted by molar-refractivity contribution is 0.283. The molecule has 24 heavy (non-hydrogen) atoms. The standard InChI is InChI=1S/C21H25NOSi/c1-5-12-18(17-22)23-24(21(2,3)4,19-13-8-6-9-14-19)20-15-10-7-11-16-20/h5-16,18H,1-4H3/t18-/m1/s1. The van der Waals surface area contributed by atoms with Crippen molar-refractivity contribution in [3.05, 3.63) is 72.8 Å². The molecule has 2 aromatic rings. The Hall–Kier alpha value is -2.15. The van der Waals surface area contributed by atoms with Crippen LogP contribution in [-0.4, -0.2) is 14.4 Å². The molecule has 0 N–H and O–H groups in total. The van der Waals surface area contributed by atoms with E-state index in [1.54, 1.807) is 0 Å². The number of nitriles is 1. The van der Waals surface area contributed by atoms with Crippen LogP contribution in [0, 0.1) is 11.3 Å². The largest absolute Gasteiger partial charge is 0.389 e. The first-order valence-electron chi connectivity index (χ1n) is 8.27. The lowest BCUT2D eigenvalue weighted by Crippen LogP contribution is -2.67. The van der Waals surface area contributed by atoms with Crippen molar-refractivity contribution in [2.75, 3.05) is 0 Å². The summed E-state index contributed by atoms with van der Waals surface area (Å²) in [4.78, 5) is 0. The van der Waals surface area contributed by atoms with Gasteiger partial charge in [-0.2, -0.15) is 5.26 Å². The summed E-state index contributed by atoms with van der Waals surface area (Å²) >= 11 is 0. The zero-order valence-electron chi connectivity index (χ0n) is 14.9. The molecule has 0 heterocycles. The minimum absolute atomic E-state index is 0.119. The van der Waals surface area contributed by atoms with Crippen molar-refractivity contribution in [3.8, 4) is 6.07 Å². The summed E-state index contributed by atoms with van der Waals surface area (Å²) in [7, 11) is -2.64. The molecule has 0 aliphatic rings. The fraction of sp³-hybridized carbons (Fsp3) is 0.286. The van der Waals surface area contributed by atoms with Gasteiger partial charge >= 0.3 is 0 Å². The van der Waals surface area contributed by atoms with Crippen molar-refractivity contribution in [2.24, 2.45) is 0 Å². The molecule has 0 aliphatic heterocycles. The van der Waals surface area contributed by atoms with Crippen LogP contribution in [0.5, 0.6) is 0 Å². The molecule has 2 rings (SSSR count). The summed E-state index contributed by atoms with van der Waals surface area (Å²) in [5.74, 6) is 0. The third kappa shape index (κ3) is 3.51. The lowest BCUT2D eigenvalue weighted by Gasteiger charge is -2.43. The first-order valence-corrected chi connectivity index (χ1v) is 10.2. The minimum atomic E-state index is -2.64. The first-order chi connectivity index (χ1) is 11.5. The topological polar surface area (TPSA) is 33.0 Å². The maximum atomic E-state index is 9.58. The van der Waals surface area contributed by atoms with Gasteiger partial charge in [-0.1, -0.05) is 87.5 Å². The van der Waals surface area contributed by atoms with E-state index in [2.05, 4.69) is 51.1 Å². The molecule has 0 spiro atoms. The van der Waals surface area contributed by atoms with Gasteiger partial charge in [-0.25, -0.2) is 0 Å². The van der Waals surface area contributed by atoms with E-state index in [0.717, 1.165) is 0 Å². The van der Waals surface area contributed by atoms with Crippen molar-refractivity contribution < 1.29 is 4.43 Å². The van der Waals surface area contributed by atoms with Crippen LogP contribution >= 0.6 is 0 Å². The normalized spacial score (nSPS) is 13.6. The molecule has 0 fully saturated rings. The second-order valence-electron chi connectivity index (χ2n) is 6.86. The van der Waals surface area contributed by atoms with Gasteiger partial charge in [0, 0.05) is 0 Å². The van der Waals surface area contributed by atoms with Gasteiger partial charge in [0.2, 0.25) is 0 Å². The van der Waals surface area contributed by atoms with Crippen molar-refractivity contribution in [1.82, 2.24) is 0 Å². The van der Waals surface area contributed by atoms with E-state index in [1.165, 1.54) is 10.4 Å². The molecule has 0 aliphatic carbocycles. The summed E-state index contributed by atoms with van der Waals surface area (Å²) < 4.78 is 6.66. The van der Waals surface area contributed by atoms with Gasteiger partial charge in [-0.3, -0.25) is 0 Å². The number of hydrogen-bond donors (Lipinski definition) is 0. The third-order valence-electron chi connectivity index (χ3n) is 4.22. The zero-order chi connectivity index (χ0) is 17.6. The quantitative estimate of drug-likeness (QED) is 0.610. The highest BCUT2D eigenvalue weighted by Crippen LogP contribution is 2.37. The number of nitrogens with zero attached hydrogens (tertiary/aromatic N) is 1. The van der Waals surface area contributed by atoms with Gasteiger partial charge in [0.25, 0.3) is 8.32 Å². The highest BCUT2D eigenvalue weighted by atomic mass is 28.4. The van der Waals surface area contributed by atoms with Crippen LogP contribution in [0.25, 0.3) is 0 Å². The minimum Gasteiger partial charge on any atom is -0.389 e. The van der Waals surface area contributed by atoms with E-state index in [4.69, 9.17) is 4.43 Å². The van der Waals surface area contributed by atoms with Gasteiger partial charge in [0.05, 0.1) is 6.07 Å². The molecule has 124 valence electrons. The lowest BCUT2D eigenvalue weighted by atomic mass is 10.2. The van der Waals surface area contributed by atoms with Gasteiger partial charge < -0.3 is 4.43 Å². The molecule has 0 saturated heterocycles. The smallest absolute Gasteiger partial charge is 0.263 e. The van der Waals surface area contributed by atoms with Gasteiger partial charge in [0.1, 0.15) is 0 Å². The Morgan fingerprint density at radius 2 is 1.42 bits per heavy atom. The summed E-state index contributed by atoms with van der Waals surface area (Å²) in [5.41, 5.74) is 0. The van der Waals surface area contributed by atoms with E-state index in [9.17, 15) is 5.26 Å². The number of hydrogen-bond acceptors (Lipinski definition) is 2. The fourth-order valence-electron chi connectivity index (χ4n) is 3.17. The van der Waals surface area contributed by atoms with Crippen molar-refractivity contribution >= 4 is 18.7 Å². The van der Waals surface area contributed by atoms with E-state index in [0.29, 0.717) is 0 Å². The Kier molecular flexibility index (Phi) is 5.77. The maximum Gasteiger partial charge on any atom is 0.263 e. The molecule has 0 aromatic heterocycles. The summed E-state index contributed by atoms with van der Waals surface area (Å²) in [6, 6.07) is 23.1. The Balaban J connectivity index is 2.73. The van der Waals surface area contributed by atoms with Crippen molar-refractivity contribution in [2.45, 2.75) is 38.8 Å². The molecule has 0 bridgehead atoms. The first kappa shape index (κ1) is 18.2. The molecule has 0 radical (unpaired) electrons. The van der Waals surface area contributed by atoms with Crippen molar-refractivity contribution in [1.29, 1.82) is 5.26 Å². The van der Waals surface area contributed by atoms with E-state index >= 15 is 0 Å². The molecule has 2 nitrogen and oxygen atoms in total. The van der Waals surface area contributed by atoms with Crippen molar-refractivity contribution in [3.63, 3.8) is 0 Å². The average molecular weight is 336 g/mol. The molecule has 0 saturated carbocycles. The predicted molar refractivity (Wildman–Crippen MR) is 103 cm³/mol. The van der Waals surface area contributed by atoms with Crippen LogP contribution in [-0.2, 0) is 4.43 Å². The molecule has 0 amide bonds. The highest BCUT2D eigenvalue weighted by Gasteiger charge is 2.51. The molecular formula is C21H25NOSi. The Morgan fingerprint density at radius 1 is 0.958 bits per heavy atom. The Labute approximate surface area is 146 Å². The molecule has 3 heteroatoms. The van der Waals surface area contributed by atoms with Crippen LogP contribution in [0.15, 0.2) is 72.8 Å². The number of benzene rings is 2. The molecule has 0 unspecified atom stereocenters. The molecule has 2 aromatic carbocycles. The Morgan fingerprint density at radius 3 is 1.75 bits per heavy atom. The zero-order valence-corrected chi connectivity index (χ0v) is 15.9. The SMILES string of the molecule is CC=C[C@H](C#N)O[Si](c1ccccc1)(c1ccccc1)C(C)(C)C. The number of allylic oxidation sites excluding steroid dienone is 1. The fourth-order valence-corrected chi connectivity index (χ4v) is 7.69. The van der Waals surface area contributed by atoms with E-state index in [-0.39, 0.29) is 5.04 Å². The summed E-state index contributed by atoms with van der Waals surface area (Å²) in [5, 5.41) is 11.8. The average Bonchev–Trinajstić information content (AvgIpc) is 2.59. The van der Waals surface area contributed by atoms with Crippen LogP contribution in [0.2, 0.25) is 5.04 Å². The van der Waals surface area contributed by atoms with Crippen LogP contribution in [0.1, 0.15) is 27.7 Å². The highest BCUT2D eigenvalue weighted by molar-refractivity contribution is 6.99. The van der Waals surface area contributed by atoms with Crippen LogP contribution in [0.4, 0.5) is 0 Å². The second-order valence-corrected chi connectivity index (χ2v) is 11.1. The monoisotopic (exact) mass is 335 g/mol.